The minimum absolute atomic E-state index is 0.146. The van der Waals surface area contributed by atoms with E-state index in [0.29, 0.717) is 18.1 Å². The SMILES string of the molecule is CCC(C)(C)c1ccc(OCCOc2cc(C(=O)O)ccc2OC)cc1. The Bertz CT molecular complexity index is 735. The molecule has 0 aliphatic carbocycles. The average Bonchev–Trinajstić information content (AvgIpc) is 2.65. The zero-order valence-corrected chi connectivity index (χ0v) is 15.7. The fraction of sp³-hybridized carbons (Fsp3) is 0.381. The van der Waals surface area contributed by atoms with Crippen LogP contribution in [0.1, 0.15) is 43.1 Å². The Balaban J connectivity index is 1.91. The van der Waals surface area contributed by atoms with E-state index >= 15 is 0 Å². The Hall–Kier alpha value is -2.69. The second kappa shape index (κ2) is 8.61. The van der Waals surface area contributed by atoms with E-state index in [2.05, 4.69) is 32.9 Å². The topological polar surface area (TPSA) is 65.0 Å². The summed E-state index contributed by atoms with van der Waals surface area (Å²) >= 11 is 0. The lowest BCUT2D eigenvalue weighted by Crippen LogP contribution is -2.15. The van der Waals surface area contributed by atoms with Crippen molar-refractivity contribution in [1.82, 2.24) is 0 Å². The molecule has 0 heterocycles. The van der Waals surface area contributed by atoms with E-state index < -0.39 is 5.97 Å². The lowest BCUT2D eigenvalue weighted by Gasteiger charge is -2.23. The van der Waals surface area contributed by atoms with Crippen molar-refractivity contribution >= 4 is 5.97 Å². The van der Waals surface area contributed by atoms with E-state index in [-0.39, 0.29) is 17.6 Å². The molecule has 26 heavy (non-hydrogen) atoms. The number of carboxylic acid groups (broad SMARTS) is 1. The Morgan fingerprint density at radius 2 is 1.65 bits per heavy atom. The van der Waals surface area contributed by atoms with E-state index in [9.17, 15) is 4.79 Å². The first-order valence-corrected chi connectivity index (χ1v) is 8.65. The molecule has 0 saturated heterocycles. The maximum Gasteiger partial charge on any atom is 0.335 e. The van der Waals surface area contributed by atoms with Crippen molar-refractivity contribution < 1.29 is 24.1 Å². The molecule has 0 radical (unpaired) electrons. The van der Waals surface area contributed by atoms with Crippen molar-refractivity contribution in [2.45, 2.75) is 32.6 Å². The molecular weight excluding hydrogens is 332 g/mol. The number of ether oxygens (including phenoxy) is 3. The summed E-state index contributed by atoms with van der Waals surface area (Å²) in [5, 5.41) is 9.07. The van der Waals surface area contributed by atoms with Gasteiger partial charge in [0.1, 0.15) is 19.0 Å². The molecule has 0 bridgehead atoms. The van der Waals surface area contributed by atoms with Gasteiger partial charge in [-0.1, -0.05) is 32.9 Å². The fourth-order valence-corrected chi connectivity index (χ4v) is 2.44. The first kappa shape index (κ1) is 19.6. The van der Waals surface area contributed by atoms with Crippen molar-refractivity contribution in [3.05, 3.63) is 53.6 Å². The summed E-state index contributed by atoms with van der Waals surface area (Å²) < 4.78 is 16.5. The van der Waals surface area contributed by atoms with Gasteiger partial charge >= 0.3 is 5.97 Å². The Morgan fingerprint density at radius 1 is 1.00 bits per heavy atom. The van der Waals surface area contributed by atoms with Crippen molar-refractivity contribution in [3.8, 4) is 17.2 Å². The van der Waals surface area contributed by atoms with Gasteiger partial charge in [-0.05, 0) is 47.7 Å². The van der Waals surface area contributed by atoms with Gasteiger partial charge in [-0.3, -0.25) is 0 Å². The van der Waals surface area contributed by atoms with Crippen LogP contribution in [-0.4, -0.2) is 31.4 Å². The molecule has 0 aliphatic rings. The molecular formula is C21H26O5. The molecule has 0 amide bonds. The third-order valence-corrected chi connectivity index (χ3v) is 4.54. The summed E-state index contributed by atoms with van der Waals surface area (Å²) in [6.45, 7) is 7.23. The monoisotopic (exact) mass is 358 g/mol. The van der Waals surface area contributed by atoms with Crippen LogP contribution < -0.4 is 14.2 Å². The van der Waals surface area contributed by atoms with Crippen molar-refractivity contribution in [3.63, 3.8) is 0 Å². The predicted molar refractivity (Wildman–Crippen MR) is 101 cm³/mol. The number of methoxy groups -OCH3 is 1. The van der Waals surface area contributed by atoms with Gasteiger partial charge in [0.05, 0.1) is 12.7 Å². The highest BCUT2D eigenvalue weighted by Gasteiger charge is 2.17. The summed E-state index contributed by atoms with van der Waals surface area (Å²) in [5.74, 6) is 0.636. The van der Waals surface area contributed by atoms with Gasteiger partial charge < -0.3 is 19.3 Å². The Morgan fingerprint density at radius 3 is 2.23 bits per heavy atom. The number of benzene rings is 2. The maximum atomic E-state index is 11.1. The van der Waals surface area contributed by atoms with Gasteiger partial charge in [0, 0.05) is 0 Å². The lowest BCUT2D eigenvalue weighted by molar-refractivity contribution is 0.0696. The van der Waals surface area contributed by atoms with E-state index in [4.69, 9.17) is 19.3 Å². The van der Waals surface area contributed by atoms with Gasteiger partial charge in [0.15, 0.2) is 11.5 Å². The maximum absolute atomic E-state index is 11.1. The zero-order valence-electron chi connectivity index (χ0n) is 15.7. The number of carboxylic acids is 1. The van der Waals surface area contributed by atoms with Gasteiger partial charge in [0.25, 0.3) is 0 Å². The number of hydrogen-bond donors (Lipinski definition) is 1. The Labute approximate surface area is 154 Å². The quantitative estimate of drug-likeness (QED) is 0.667. The number of carbonyl (C=O) groups is 1. The van der Waals surface area contributed by atoms with E-state index in [1.807, 2.05) is 12.1 Å². The van der Waals surface area contributed by atoms with Crippen LogP contribution in [0.3, 0.4) is 0 Å². The van der Waals surface area contributed by atoms with Crippen LogP contribution in [0.15, 0.2) is 42.5 Å². The summed E-state index contributed by atoms with van der Waals surface area (Å²) in [5.41, 5.74) is 1.57. The minimum atomic E-state index is -1.01. The van der Waals surface area contributed by atoms with Crippen LogP contribution in [0.5, 0.6) is 17.2 Å². The van der Waals surface area contributed by atoms with Gasteiger partial charge in [0.2, 0.25) is 0 Å². The van der Waals surface area contributed by atoms with Crippen molar-refractivity contribution in [2.24, 2.45) is 0 Å². The first-order chi connectivity index (χ1) is 12.4. The van der Waals surface area contributed by atoms with E-state index in [1.165, 1.54) is 24.8 Å². The molecule has 0 fully saturated rings. The Kier molecular flexibility index (Phi) is 6.50. The molecule has 140 valence electrons. The van der Waals surface area contributed by atoms with Crippen LogP contribution in [0.4, 0.5) is 0 Å². The van der Waals surface area contributed by atoms with Crippen molar-refractivity contribution in [1.29, 1.82) is 0 Å². The summed E-state index contributed by atoms with van der Waals surface area (Å²) in [7, 11) is 1.51. The standard InChI is InChI=1S/C21H26O5/c1-5-21(2,3)16-7-9-17(10-8-16)25-12-13-26-19-14-15(20(22)23)6-11-18(19)24-4/h6-11,14H,5,12-13H2,1-4H3,(H,22,23). The molecule has 2 aromatic carbocycles. The summed E-state index contributed by atoms with van der Waals surface area (Å²) in [6.07, 6.45) is 1.07. The van der Waals surface area contributed by atoms with Crippen LogP contribution in [0, 0.1) is 0 Å². The number of rotatable bonds is 9. The molecule has 0 aromatic heterocycles. The molecule has 5 heteroatoms. The molecule has 0 spiro atoms. The van der Waals surface area contributed by atoms with Crippen LogP contribution in [0.2, 0.25) is 0 Å². The molecule has 1 N–H and O–H groups in total. The van der Waals surface area contributed by atoms with E-state index in [0.717, 1.165) is 12.2 Å². The lowest BCUT2D eigenvalue weighted by atomic mass is 9.82. The third kappa shape index (κ3) is 4.91. The fourth-order valence-electron chi connectivity index (χ4n) is 2.44. The zero-order chi connectivity index (χ0) is 19.2. The molecule has 0 aliphatic heterocycles. The minimum Gasteiger partial charge on any atom is -0.493 e. The predicted octanol–water partition coefficient (Wildman–Crippen LogP) is 4.54. The van der Waals surface area contributed by atoms with Crippen LogP contribution in [-0.2, 0) is 5.41 Å². The normalized spacial score (nSPS) is 11.1. The van der Waals surface area contributed by atoms with E-state index in [1.54, 1.807) is 6.07 Å². The molecule has 5 nitrogen and oxygen atoms in total. The summed E-state index contributed by atoms with van der Waals surface area (Å²) in [4.78, 5) is 11.1. The molecule has 2 aromatic rings. The smallest absolute Gasteiger partial charge is 0.335 e. The first-order valence-electron chi connectivity index (χ1n) is 8.65. The second-order valence-corrected chi connectivity index (χ2v) is 6.63. The van der Waals surface area contributed by atoms with Crippen molar-refractivity contribution in [2.75, 3.05) is 20.3 Å². The van der Waals surface area contributed by atoms with Gasteiger partial charge in [-0.2, -0.15) is 0 Å². The highest BCUT2D eigenvalue weighted by molar-refractivity contribution is 5.88. The number of aromatic carboxylic acids is 1. The molecule has 0 saturated carbocycles. The third-order valence-electron chi connectivity index (χ3n) is 4.54. The summed E-state index contributed by atoms with van der Waals surface area (Å²) in [6, 6.07) is 12.6. The van der Waals surface area contributed by atoms with Crippen LogP contribution >= 0.6 is 0 Å². The molecule has 2 rings (SSSR count). The molecule has 0 unspecified atom stereocenters. The van der Waals surface area contributed by atoms with Gasteiger partial charge in [-0.25, -0.2) is 4.79 Å². The van der Waals surface area contributed by atoms with Gasteiger partial charge in [-0.15, -0.1) is 0 Å². The largest absolute Gasteiger partial charge is 0.493 e. The average molecular weight is 358 g/mol. The highest BCUT2D eigenvalue weighted by atomic mass is 16.5. The highest BCUT2D eigenvalue weighted by Crippen LogP contribution is 2.29. The molecule has 0 atom stereocenters. The number of hydrogen-bond acceptors (Lipinski definition) is 4. The second-order valence-electron chi connectivity index (χ2n) is 6.63. The van der Waals surface area contributed by atoms with Crippen LogP contribution in [0.25, 0.3) is 0 Å².